The molecule has 23 heavy (non-hydrogen) atoms. The van der Waals surface area contributed by atoms with E-state index in [2.05, 4.69) is 24.5 Å². The smallest absolute Gasteiger partial charge is 0.348 e. The summed E-state index contributed by atoms with van der Waals surface area (Å²) in [6, 6.07) is 0.248. The minimum atomic E-state index is -0.526. The van der Waals surface area contributed by atoms with Crippen molar-refractivity contribution in [1.29, 1.82) is 0 Å². The third-order valence-corrected chi connectivity index (χ3v) is 4.86. The number of anilines is 1. The number of nitrogens with one attached hydrogen (secondary N) is 2. The first-order valence-corrected chi connectivity index (χ1v) is 8.49. The molecule has 0 radical (unpaired) electrons. The fourth-order valence-corrected chi connectivity index (χ4v) is 3.51. The quantitative estimate of drug-likeness (QED) is 0.598. The van der Waals surface area contributed by atoms with Crippen molar-refractivity contribution in [3.63, 3.8) is 0 Å². The van der Waals surface area contributed by atoms with Gasteiger partial charge in [-0.3, -0.25) is 0 Å². The molecule has 8 heteroatoms. The minimum absolute atomic E-state index is 0.248. The highest BCUT2D eigenvalue weighted by molar-refractivity contribution is 7.80. The zero-order valence-electron chi connectivity index (χ0n) is 13.9. The Morgan fingerprint density at radius 2 is 1.74 bits per heavy atom. The van der Waals surface area contributed by atoms with Gasteiger partial charge < -0.3 is 20.1 Å². The number of esters is 2. The average molecular weight is 358 g/mol. The molecular formula is C15H22N2O4S2. The van der Waals surface area contributed by atoms with E-state index >= 15 is 0 Å². The SMILES string of the molecule is CCC(CC)NC(=S)Nc1sc(C(=O)OC)c(C)c1C(=O)OC. The summed E-state index contributed by atoms with van der Waals surface area (Å²) < 4.78 is 9.55. The number of rotatable bonds is 6. The largest absolute Gasteiger partial charge is 0.465 e. The summed E-state index contributed by atoms with van der Waals surface area (Å²) >= 11 is 6.41. The van der Waals surface area contributed by atoms with Crippen molar-refractivity contribution in [3.8, 4) is 0 Å². The molecule has 0 amide bonds. The first-order chi connectivity index (χ1) is 10.9. The maximum atomic E-state index is 12.0. The van der Waals surface area contributed by atoms with Crippen LogP contribution < -0.4 is 10.6 Å². The van der Waals surface area contributed by atoms with Crippen LogP contribution in [0, 0.1) is 6.92 Å². The van der Waals surface area contributed by atoms with Gasteiger partial charge in [0.1, 0.15) is 9.88 Å². The molecule has 1 aromatic heterocycles. The molecule has 1 rings (SSSR count). The van der Waals surface area contributed by atoms with Gasteiger partial charge in [0.05, 0.1) is 19.8 Å². The van der Waals surface area contributed by atoms with Crippen molar-refractivity contribution >= 4 is 45.6 Å². The molecule has 0 bridgehead atoms. The molecule has 0 atom stereocenters. The Bertz CT molecular complexity index is 595. The maximum Gasteiger partial charge on any atom is 0.348 e. The van der Waals surface area contributed by atoms with Gasteiger partial charge >= 0.3 is 11.9 Å². The molecule has 0 saturated carbocycles. The third-order valence-electron chi connectivity index (χ3n) is 3.45. The van der Waals surface area contributed by atoms with Gasteiger partial charge in [0.2, 0.25) is 0 Å². The zero-order chi connectivity index (χ0) is 17.6. The minimum Gasteiger partial charge on any atom is -0.465 e. The summed E-state index contributed by atoms with van der Waals surface area (Å²) in [5.41, 5.74) is 0.813. The van der Waals surface area contributed by atoms with Crippen LogP contribution in [0.5, 0.6) is 0 Å². The molecule has 1 heterocycles. The number of thiophene rings is 1. The number of ether oxygens (including phenoxy) is 2. The lowest BCUT2D eigenvalue weighted by Gasteiger charge is -2.17. The van der Waals surface area contributed by atoms with Gasteiger partial charge in [-0.1, -0.05) is 13.8 Å². The molecule has 128 valence electrons. The fraction of sp³-hybridized carbons (Fsp3) is 0.533. The van der Waals surface area contributed by atoms with Crippen LogP contribution in [0.25, 0.3) is 0 Å². The molecule has 0 aliphatic rings. The molecule has 0 unspecified atom stereocenters. The van der Waals surface area contributed by atoms with E-state index in [0.29, 0.717) is 26.1 Å². The van der Waals surface area contributed by atoms with Crippen LogP contribution in [-0.4, -0.2) is 37.3 Å². The summed E-state index contributed by atoms with van der Waals surface area (Å²) in [5, 5.41) is 7.05. The van der Waals surface area contributed by atoms with E-state index in [1.54, 1.807) is 6.92 Å². The number of hydrogen-bond acceptors (Lipinski definition) is 6. The predicted molar refractivity (Wildman–Crippen MR) is 95.5 cm³/mol. The molecule has 6 nitrogen and oxygen atoms in total. The van der Waals surface area contributed by atoms with Crippen molar-refractivity contribution in [2.24, 2.45) is 0 Å². The Kier molecular flexibility index (Phi) is 7.44. The van der Waals surface area contributed by atoms with E-state index < -0.39 is 11.9 Å². The summed E-state index contributed by atoms with van der Waals surface area (Å²) in [7, 11) is 2.59. The van der Waals surface area contributed by atoms with Crippen LogP contribution in [0.15, 0.2) is 0 Å². The average Bonchev–Trinajstić information content (AvgIpc) is 2.87. The number of hydrogen-bond donors (Lipinski definition) is 2. The van der Waals surface area contributed by atoms with Gasteiger partial charge in [-0.05, 0) is 37.5 Å². The molecule has 0 spiro atoms. The molecule has 2 N–H and O–H groups in total. The lowest BCUT2D eigenvalue weighted by Crippen LogP contribution is -2.37. The lowest BCUT2D eigenvalue weighted by molar-refractivity contribution is 0.0601. The Hall–Kier alpha value is -1.67. The summed E-state index contributed by atoms with van der Waals surface area (Å²) in [6.07, 6.45) is 1.86. The summed E-state index contributed by atoms with van der Waals surface area (Å²) in [4.78, 5) is 24.2. The Morgan fingerprint density at radius 1 is 1.17 bits per heavy atom. The van der Waals surface area contributed by atoms with Crippen LogP contribution in [0.4, 0.5) is 5.00 Å². The second-order valence-electron chi connectivity index (χ2n) is 4.86. The normalized spacial score (nSPS) is 10.3. The monoisotopic (exact) mass is 358 g/mol. The predicted octanol–water partition coefficient (Wildman–Crippen LogP) is 3.10. The van der Waals surface area contributed by atoms with Crippen molar-refractivity contribution in [2.75, 3.05) is 19.5 Å². The zero-order valence-corrected chi connectivity index (χ0v) is 15.6. The number of carbonyl (C=O) groups is 2. The summed E-state index contributed by atoms with van der Waals surface area (Å²) in [5.74, 6) is -1.02. The van der Waals surface area contributed by atoms with E-state index in [0.717, 1.165) is 24.2 Å². The molecule has 0 aromatic carbocycles. The Labute approximate surface area is 145 Å². The Morgan fingerprint density at radius 3 is 2.22 bits per heavy atom. The third kappa shape index (κ3) is 4.65. The van der Waals surface area contributed by atoms with Crippen LogP contribution in [-0.2, 0) is 9.47 Å². The fourth-order valence-electron chi connectivity index (χ4n) is 2.05. The molecule has 1 aromatic rings. The number of thiocarbonyl (C=S) groups is 1. The van der Waals surface area contributed by atoms with Crippen molar-refractivity contribution in [3.05, 3.63) is 16.0 Å². The standard InChI is InChI=1S/C15H22N2O4S2/c1-6-9(7-2)16-15(22)17-12-10(13(18)20-4)8(3)11(23-12)14(19)21-5/h9H,6-7H2,1-5H3,(H2,16,17,22). The van der Waals surface area contributed by atoms with Gasteiger partial charge in [0.15, 0.2) is 5.11 Å². The molecular weight excluding hydrogens is 336 g/mol. The van der Waals surface area contributed by atoms with Gasteiger partial charge in [0, 0.05) is 6.04 Å². The van der Waals surface area contributed by atoms with Crippen LogP contribution in [0.2, 0.25) is 0 Å². The highest BCUT2D eigenvalue weighted by atomic mass is 32.1. The molecule has 0 aliphatic heterocycles. The van der Waals surface area contributed by atoms with E-state index in [4.69, 9.17) is 21.7 Å². The molecule has 0 aliphatic carbocycles. The van der Waals surface area contributed by atoms with Crippen molar-refractivity contribution in [2.45, 2.75) is 39.7 Å². The van der Waals surface area contributed by atoms with Crippen molar-refractivity contribution in [1.82, 2.24) is 5.32 Å². The first-order valence-electron chi connectivity index (χ1n) is 7.26. The number of carbonyl (C=O) groups excluding carboxylic acids is 2. The highest BCUT2D eigenvalue weighted by Gasteiger charge is 2.26. The van der Waals surface area contributed by atoms with E-state index in [9.17, 15) is 9.59 Å². The van der Waals surface area contributed by atoms with E-state index in [1.165, 1.54) is 14.2 Å². The van der Waals surface area contributed by atoms with Crippen molar-refractivity contribution < 1.29 is 19.1 Å². The van der Waals surface area contributed by atoms with Gasteiger partial charge in [-0.15, -0.1) is 11.3 Å². The second kappa shape index (κ2) is 8.83. The Balaban J connectivity index is 3.11. The van der Waals surface area contributed by atoms with Gasteiger partial charge in [-0.25, -0.2) is 9.59 Å². The maximum absolute atomic E-state index is 12.0. The summed E-state index contributed by atoms with van der Waals surface area (Å²) in [6.45, 7) is 5.81. The molecule has 0 fully saturated rings. The van der Waals surface area contributed by atoms with Gasteiger partial charge in [-0.2, -0.15) is 0 Å². The van der Waals surface area contributed by atoms with Gasteiger partial charge in [0.25, 0.3) is 0 Å². The highest BCUT2D eigenvalue weighted by Crippen LogP contribution is 2.34. The number of methoxy groups -OCH3 is 2. The molecule has 0 saturated heterocycles. The topological polar surface area (TPSA) is 76.7 Å². The van der Waals surface area contributed by atoms with Crippen LogP contribution in [0.3, 0.4) is 0 Å². The van der Waals surface area contributed by atoms with Crippen LogP contribution in [0.1, 0.15) is 52.3 Å². The van der Waals surface area contributed by atoms with E-state index in [-0.39, 0.29) is 6.04 Å². The van der Waals surface area contributed by atoms with E-state index in [1.807, 2.05) is 0 Å². The van der Waals surface area contributed by atoms with Crippen LogP contribution >= 0.6 is 23.6 Å². The lowest BCUT2D eigenvalue weighted by atomic mass is 10.1. The second-order valence-corrected chi connectivity index (χ2v) is 6.28. The first kappa shape index (κ1) is 19.4.